The summed E-state index contributed by atoms with van der Waals surface area (Å²) in [7, 11) is -3.18. The number of sulfone groups is 1. The molecule has 1 aromatic rings. The molecule has 120 valence electrons. The fraction of sp³-hybridized carbons (Fsp3) is 0.600. The summed E-state index contributed by atoms with van der Waals surface area (Å²) < 4.78 is 22.8. The first-order valence-corrected chi connectivity index (χ1v) is 10.2. The molecule has 0 aliphatic heterocycles. The van der Waals surface area contributed by atoms with Gasteiger partial charge in [0, 0.05) is 18.8 Å². The van der Waals surface area contributed by atoms with Gasteiger partial charge in [-0.05, 0) is 42.5 Å². The van der Waals surface area contributed by atoms with Crippen molar-refractivity contribution < 1.29 is 13.5 Å². The summed E-state index contributed by atoms with van der Waals surface area (Å²) >= 11 is 1.91. The third kappa shape index (κ3) is 6.82. The number of benzene rings is 1. The first-order valence-electron chi connectivity index (χ1n) is 7.13. The van der Waals surface area contributed by atoms with Gasteiger partial charge in [-0.3, -0.25) is 0 Å². The van der Waals surface area contributed by atoms with Gasteiger partial charge < -0.3 is 10.4 Å². The predicted octanol–water partition coefficient (Wildman–Crippen LogP) is 2.24. The zero-order chi connectivity index (χ0) is 15.9. The zero-order valence-corrected chi connectivity index (χ0v) is 14.5. The Kier molecular flexibility index (Phi) is 7.73. The summed E-state index contributed by atoms with van der Waals surface area (Å²) in [4.78, 5) is 0.274. The lowest BCUT2D eigenvalue weighted by Crippen LogP contribution is -2.30. The molecule has 0 bridgehead atoms. The lowest BCUT2D eigenvalue weighted by molar-refractivity contribution is 0.170. The highest BCUT2D eigenvalue weighted by molar-refractivity contribution is 7.99. The largest absolute Gasteiger partial charge is 0.387 e. The Hall–Kier alpha value is -0.560. The quantitative estimate of drug-likeness (QED) is 0.679. The van der Waals surface area contributed by atoms with E-state index in [-0.39, 0.29) is 4.90 Å². The van der Waals surface area contributed by atoms with Gasteiger partial charge in [-0.2, -0.15) is 11.8 Å². The normalized spacial score (nSPS) is 14.9. The zero-order valence-electron chi connectivity index (χ0n) is 12.9. The molecule has 0 aliphatic carbocycles. The minimum atomic E-state index is -3.18. The molecule has 6 heteroatoms. The van der Waals surface area contributed by atoms with Gasteiger partial charge in [0.2, 0.25) is 0 Å². The van der Waals surface area contributed by atoms with E-state index in [1.54, 1.807) is 12.1 Å². The Balaban J connectivity index is 2.47. The summed E-state index contributed by atoms with van der Waals surface area (Å²) in [6.07, 6.45) is 1.62. The van der Waals surface area contributed by atoms with Crippen LogP contribution in [0, 0.1) is 0 Å². The van der Waals surface area contributed by atoms with Crippen LogP contribution in [-0.2, 0) is 9.84 Å². The van der Waals surface area contributed by atoms with Crippen LogP contribution in [0.3, 0.4) is 0 Å². The highest BCUT2D eigenvalue weighted by Gasteiger charge is 2.11. The Bertz CT molecular complexity index is 514. The van der Waals surface area contributed by atoms with Crippen LogP contribution in [0.5, 0.6) is 0 Å². The van der Waals surface area contributed by atoms with Gasteiger partial charge in [0.1, 0.15) is 0 Å². The highest BCUT2D eigenvalue weighted by Crippen LogP contribution is 2.16. The average molecular weight is 332 g/mol. The van der Waals surface area contributed by atoms with Crippen molar-refractivity contribution in [3.63, 3.8) is 0 Å². The lowest BCUT2D eigenvalue weighted by Gasteiger charge is -2.17. The van der Waals surface area contributed by atoms with Crippen molar-refractivity contribution in [2.24, 2.45) is 0 Å². The van der Waals surface area contributed by atoms with Crippen molar-refractivity contribution in [2.75, 3.05) is 24.3 Å². The number of aliphatic hydroxyl groups excluding tert-OH is 1. The number of hydrogen-bond donors (Lipinski definition) is 2. The predicted molar refractivity (Wildman–Crippen MR) is 89.6 cm³/mol. The molecule has 0 aromatic heterocycles. The summed E-state index contributed by atoms with van der Waals surface area (Å²) in [6, 6.07) is 6.76. The van der Waals surface area contributed by atoms with Crippen LogP contribution < -0.4 is 5.32 Å². The second-order valence-electron chi connectivity index (χ2n) is 5.15. The van der Waals surface area contributed by atoms with E-state index in [4.69, 9.17) is 0 Å². The molecule has 2 unspecified atom stereocenters. The first kappa shape index (κ1) is 18.5. The molecule has 0 aliphatic rings. The molecule has 21 heavy (non-hydrogen) atoms. The average Bonchev–Trinajstić information content (AvgIpc) is 2.44. The SMILES string of the molecule is CCSCCC(C)NCC(O)c1ccc(S(C)(=O)=O)cc1. The first-order chi connectivity index (χ1) is 9.84. The minimum Gasteiger partial charge on any atom is -0.387 e. The molecule has 2 N–H and O–H groups in total. The molecule has 1 aromatic carbocycles. The lowest BCUT2D eigenvalue weighted by atomic mass is 10.1. The number of rotatable bonds is 9. The molecular formula is C15H25NO3S2. The minimum absolute atomic E-state index is 0.274. The van der Waals surface area contributed by atoms with E-state index < -0.39 is 15.9 Å². The molecule has 0 radical (unpaired) electrons. The Morgan fingerprint density at radius 1 is 1.29 bits per heavy atom. The highest BCUT2D eigenvalue weighted by atomic mass is 32.2. The van der Waals surface area contributed by atoms with E-state index >= 15 is 0 Å². The number of nitrogens with one attached hydrogen (secondary N) is 1. The topological polar surface area (TPSA) is 66.4 Å². The fourth-order valence-electron chi connectivity index (χ4n) is 1.87. The Morgan fingerprint density at radius 2 is 1.90 bits per heavy atom. The molecule has 0 amide bonds. The van der Waals surface area contributed by atoms with Gasteiger partial charge in [-0.15, -0.1) is 0 Å². The summed E-state index contributed by atoms with van der Waals surface area (Å²) in [5, 5.41) is 13.4. The van der Waals surface area contributed by atoms with Crippen LogP contribution >= 0.6 is 11.8 Å². The van der Waals surface area contributed by atoms with Crippen LogP contribution in [0.1, 0.15) is 31.9 Å². The summed E-state index contributed by atoms with van der Waals surface area (Å²) in [6.45, 7) is 4.72. The molecular weight excluding hydrogens is 306 g/mol. The maximum Gasteiger partial charge on any atom is 0.175 e. The van der Waals surface area contributed by atoms with E-state index in [0.717, 1.165) is 23.5 Å². The Labute approximate surface area is 132 Å². The van der Waals surface area contributed by atoms with Gasteiger partial charge in [0.05, 0.1) is 11.0 Å². The Morgan fingerprint density at radius 3 is 2.43 bits per heavy atom. The van der Waals surface area contributed by atoms with Crippen molar-refractivity contribution in [3.05, 3.63) is 29.8 Å². The van der Waals surface area contributed by atoms with Crippen LogP contribution in [0.4, 0.5) is 0 Å². The monoisotopic (exact) mass is 331 g/mol. The van der Waals surface area contributed by atoms with Crippen LogP contribution in [0.2, 0.25) is 0 Å². The second-order valence-corrected chi connectivity index (χ2v) is 8.56. The molecule has 0 heterocycles. The number of aliphatic hydroxyl groups is 1. The third-order valence-corrected chi connectivity index (χ3v) is 5.31. The molecule has 0 saturated heterocycles. The van der Waals surface area contributed by atoms with Gasteiger partial charge >= 0.3 is 0 Å². The third-order valence-electron chi connectivity index (χ3n) is 3.25. The van der Waals surface area contributed by atoms with Crippen LogP contribution in [0.15, 0.2) is 29.2 Å². The van der Waals surface area contributed by atoms with E-state index in [2.05, 4.69) is 19.2 Å². The summed E-state index contributed by atoms with van der Waals surface area (Å²) in [5.41, 5.74) is 0.727. The number of thioether (sulfide) groups is 1. The molecule has 1 rings (SSSR count). The van der Waals surface area contributed by atoms with Gasteiger partial charge in [0.15, 0.2) is 9.84 Å². The van der Waals surface area contributed by atoms with Crippen LogP contribution in [0.25, 0.3) is 0 Å². The van der Waals surface area contributed by atoms with Gasteiger partial charge in [0.25, 0.3) is 0 Å². The fourth-order valence-corrected chi connectivity index (χ4v) is 3.31. The van der Waals surface area contributed by atoms with Crippen molar-refractivity contribution >= 4 is 21.6 Å². The number of hydrogen-bond acceptors (Lipinski definition) is 5. The van der Waals surface area contributed by atoms with Crippen molar-refractivity contribution in [3.8, 4) is 0 Å². The van der Waals surface area contributed by atoms with E-state index in [9.17, 15) is 13.5 Å². The standard InChI is InChI=1S/C15H25NO3S2/c1-4-20-10-9-12(2)16-11-15(17)13-5-7-14(8-6-13)21(3,18)19/h5-8,12,15-17H,4,9-11H2,1-3H3. The molecule has 0 saturated carbocycles. The molecule has 4 nitrogen and oxygen atoms in total. The van der Waals surface area contributed by atoms with E-state index in [0.29, 0.717) is 12.6 Å². The second kappa shape index (κ2) is 8.78. The smallest absolute Gasteiger partial charge is 0.175 e. The van der Waals surface area contributed by atoms with Gasteiger partial charge in [-0.1, -0.05) is 19.1 Å². The van der Waals surface area contributed by atoms with Crippen molar-refractivity contribution in [2.45, 2.75) is 37.3 Å². The van der Waals surface area contributed by atoms with Gasteiger partial charge in [-0.25, -0.2) is 8.42 Å². The maximum absolute atomic E-state index is 11.4. The van der Waals surface area contributed by atoms with Crippen LogP contribution in [-0.4, -0.2) is 43.9 Å². The molecule has 0 spiro atoms. The molecule has 2 atom stereocenters. The maximum atomic E-state index is 11.4. The van der Waals surface area contributed by atoms with Crippen molar-refractivity contribution in [1.82, 2.24) is 5.32 Å². The molecule has 0 fully saturated rings. The van der Waals surface area contributed by atoms with E-state index in [1.165, 1.54) is 18.4 Å². The summed E-state index contributed by atoms with van der Waals surface area (Å²) in [5.74, 6) is 2.24. The van der Waals surface area contributed by atoms with E-state index in [1.807, 2.05) is 11.8 Å². The van der Waals surface area contributed by atoms with Crippen molar-refractivity contribution in [1.29, 1.82) is 0 Å².